The second-order valence-electron chi connectivity index (χ2n) is 9.06. The number of fused-ring (bicyclic) bond motifs is 2. The molecule has 1 atom stereocenters. The number of aromatic hydroxyl groups is 1. The number of morpholine rings is 1. The third kappa shape index (κ3) is 3.41. The Labute approximate surface area is 195 Å². The highest BCUT2D eigenvalue weighted by molar-refractivity contribution is 6.35. The van der Waals surface area contributed by atoms with Crippen molar-refractivity contribution in [2.75, 3.05) is 50.8 Å². The van der Waals surface area contributed by atoms with Crippen LogP contribution in [0.25, 0.3) is 11.3 Å². The lowest BCUT2D eigenvalue weighted by Gasteiger charge is -2.36. The zero-order valence-electron chi connectivity index (χ0n) is 17.9. The van der Waals surface area contributed by atoms with Crippen LogP contribution in [0.2, 0.25) is 5.02 Å². The molecule has 0 unspecified atom stereocenters. The van der Waals surface area contributed by atoms with E-state index < -0.39 is 5.82 Å². The number of aromatic nitrogens is 1. The molecular formula is C23H24ClFN4O4. The average Bonchev–Trinajstić information content (AvgIpc) is 3.58. The molecular weight excluding hydrogens is 451 g/mol. The Morgan fingerprint density at radius 2 is 2.12 bits per heavy atom. The molecule has 8 nitrogen and oxygen atoms in total. The lowest BCUT2D eigenvalue weighted by molar-refractivity contribution is 0.0202. The third-order valence-electron chi connectivity index (χ3n) is 6.90. The number of phenols is 1. The number of carbonyl (C=O) groups is 1. The van der Waals surface area contributed by atoms with Crippen LogP contribution < -0.4 is 15.0 Å². The summed E-state index contributed by atoms with van der Waals surface area (Å²) >= 11 is 6.72. The minimum absolute atomic E-state index is 0.0182. The zero-order valence-corrected chi connectivity index (χ0v) is 18.7. The highest BCUT2D eigenvalue weighted by Gasteiger charge is 2.49. The van der Waals surface area contributed by atoms with Gasteiger partial charge in [-0.1, -0.05) is 17.7 Å². The van der Waals surface area contributed by atoms with Crippen molar-refractivity contribution in [2.45, 2.75) is 24.5 Å². The van der Waals surface area contributed by atoms with Gasteiger partial charge in [-0.05, 0) is 25.0 Å². The van der Waals surface area contributed by atoms with Gasteiger partial charge in [-0.25, -0.2) is 9.37 Å². The van der Waals surface area contributed by atoms with Gasteiger partial charge in [0, 0.05) is 32.7 Å². The van der Waals surface area contributed by atoms with Gasteiger partial charge >= 0.3 is 0 Å². The van der Waals surface area contributed by atoms with Crippen molar-refractivity contribution in [1.29, 1.82) is 0 Å². The number of piperazine rings is 1. The summed E-state index contributed by atoms with van der Waals surface area (Å²) in [4.78, 5) is 22.3. The van der Waals surface area contributed by atoms with E-state index in [2.05, 4.69) is 5.32 Å². The standard InChI is InChI=1S/C23H24ClFN4O4/c24-18-19(16-14(25)2-1-3-15(16)30)27-21(28-8-9-33-23(12-28)4-5-23)17-20(18)32-11-13-10-26-6-7-29(13)22(17)31/h1-3,13,26,30H,4-12H2/t13-/m1/s1. The van der Waals surface area contributed by atoms with Crippen LogP contribution in [-0.2, 0) is 4.74 Å². The van der Waals surface area contributed by atoms with Crippen molar-refractivity contribution < 1.29 is 23.8 Å². The number of anilines is 1. The topological polar surface area (TPSA) is 87.2 Å². The monoisotopic (exact) mass is 474 g/mol. The van der Waals surface area contributed by atoms with Crippen LogP contribution >= 0.6 is 11.6 Å². The van der Waals surface area contributed by atoms with Crippen molar-refractivity contribution in [3.05, 3.63) is 34.6 Å². The lowest BCUT2D eigenvalue weighted by atomic mass is 10.0. The van der Waals surface area contributed by atoms with Crippen molar-refractivity contribution in [1.82, 2.24) is 15.2 Å². The first kappa shape index (κ1) is 20.9. The fourth-order valence-electron chi connectivity index (χ4n) is 4.97. The maximum Gasteiger partial charge on any atom is 0.261 e. The number of rotatable bonds is 2. The summed E-state index contributed by atoms with van der Waals surface area (Å²) in [5.41, 5.74) is 0.0179. The van der Waals surface area contributed by atoms with E-state index in [0.717, 1.165) is 12.8 Å². The Kier molecular flexibility index (Phi) is 4.90. The number of hydrogen-bond acceptors (Lipinski definition) is 7. The SMILES string of the molecule is O=C1c2c(N3CCOC4(CC4)C3)nc(-c3c(O)cccc3F)c(Cl)c2OC[C@H]2CNCCN12. The van der Waals surface area contributed by atoms with Gasteiger partial charge < -0.3 is 29.7 Å². The van der Waals surface area contributed by atoms with Crippen molar-refractivity contribution in [2.24, 2.45) is 0 Å². The molecule has 1 saturated carbocycles. The van der Waals surface area contributed by atoms with E-state index in [1.807, 2.05) is 4.90 Å². The molecule has 2 saturated heterocycles. The molecule has 4 aliphatic rings. The molecule has 0 bridgehead atoms. The summed E-state index contributed by atoms with van der Waals surface area (Å²) in [6.45, 7) is 3.72. The molecule has 2 aromatic rings. The first-order chi connectivity index (χ1) is 16.0. The highest BCUT2D eigenvalue weighted by atomic mass is 35.5. The summed E-state index contributed by atoms with van der Waals surface area (Å²) in [6.07, 6.45) is 1.90. The normalized spacial score (nSPS) is 23.6. The lowest BCUT2D eigenvalue weighted by Crippen LogP contribution is -2.55. The smallest absolute Gasteiger partial charge is 0.261 e. The van der Waals surface area contributed by atoms with Gasteiger partial charge in [0.15, 0.2) is 5.75 Å². The number of halogens is 2. The predicted octanol–water partition coefficient (Wildman–Crippen LogP) is 2.42. The van der Waals surface area contributed by atoms with E-state index in [9.17, 15) is 14.3 Å². The average molecular weight is 475 g/mol. The Bertz CT molecular complexity index is 1120. The maximum absolute atomic E-state index is 14.8. The number of amides is 1. The van der Waals surface area contributed by atoms with Crippen molar-refractivity contribution in [3.8, 4) is 22.8 Å². The fourth-order valence-corrected chi connectivity index (χ4v) is 5.25. The number of benzene rings is 1. The van der Waals surface area contributed by atoms with Gasteiger partial charge in [-0.3, -0.25) is 4.79 Å². The number of phenolic OH excluding ortho intramolecular Hbond substituents is 1. The van der Waals surface area contributed by atoms with Crippen molar-refractivity contribution in [3.63, 3.8) is 0 Å². The van der Waals surface area contributed by atoms with Gasteiger partial charge in [0.05, 0.1) is 23.8 Å². The zero-order chi connectivity index (χ0) is 22.7. The quantitative estimate of drug-likeness (QED) is 0.691. The molecule has 3 fully saturated rings. The third-order valence-corrected chi connectivity index (χ3v) is 7.26. The highest BCUT2D eigenvalue weighted by Crippen LogP contribution is 2.48. The Morgan fingerprint density at radius 1 is 1.27 bits per heavy atom. The van der Waals surface area contributed by atoms with Gasteiger partial charge in [-0.2, -0.15) is 0 Å². The van der Waals surface area contributed by atoms with E-state index in [4.69, 9.17) is 26.1 Å². The van der Waals surface area contributed by atoms with Gasteiger partial charge in [0.2, 0.25) is 0 Å². The first-order valence-corrected chi connectivity index (χ1v) is 11.6. The number of nitrogens with zero attached hydrogens (tertiary/aromatic N) is 3. The number of pyridine rings is 1. The number of nitrogens with one attached hydrogen (secondary N) is 1. The van der Waals surface area contributed by atoms with E-state index >= 15 is 0 Å². The van der Waals surface area contributed by atoms with Gasteiger partial charge in [0.1, 0.15) is 40.3 Å². The molecule has 1 aromatic carbocycles. The van der Waals surface area contributed by atoms with E-state index in [1.54, 1.807) is 4.90 Å². The Hall–Kier alpha value is -2.62. The van der Waals surface area contributed by atoms with E-state index in [-0.39, 0.29) is 51.9 Å². The van der Waals surface area contributed by atoms with Gasteiger partial charge in [0.25, 0.3) is 5.91 Å². The molecule has 33 heavy (non-hydrogen) atoms. The number of ether oxygens (including phenoxy) is 2. The largest absolute Gasteiger partial charge is 0.507 e. The summed E-state index contributed by atoms with van der Waals surface area (Å²) in [5.74, 6) is -0.546. The van der Waals surface area contributed by atoms with Crippen LogP contribution in [0.1, 0.15) is 23.2 Å². The second-order valence-corrected chi connectivity index (χ2v) is 9.43. The van der Waals surface area contributed by atoms with Crippen LogP contribution in [0.3, 0.4) is 0 Å². The van der Waals surface area contributed by atoms with E-state index in [1.165, 1.54) is 18.2 Å². The molecule has 2 N–H and O–H groups in total. The van der Waals surface area contributed by atoms with Crippen LogP contribution in [0.5, 0.6) is 11.5 Å². The summed E-state index contributed by atoms with van der Waals surface area (Å²) < 4.78 is 26.9. The van der Waals surface area contributed by atoms with E-state index in [0.29, 0.717) is 50.7 Å². The first-order valence-electron chi connectivity index (χ1n) is 11.2. The second kappa shape index (κ2) is 7.72. The minimum Gasteiger partial charge on any atom is -0.507 e. The molecule has 4 heterocycles. The van der Waals surface area contributed by atoms with Crippen LogP contribution in [0, 0.1) is 5.82 Å². The molecule has 1 amide bonds. The molecule has 1 spiro atoms. The summed E-state index contributed by atoms with van der Waals surface area (Å²) in [5, 5.41) is 13.8. The molecule has 10 heteroatoms. The molecule has 1 aliphatic carbocycles. The Morgan fingerprint density at radius 3 is 2.91 bits per heavy atom. The summed E-state index contributed by atoms with van der Waals surface area (Å²) in [6, 6.07) is 3.89. The molecule has 3 aliphatic heterocycles. The minimum atomic E-state index is -0.655. The van der Waals surface area contributed by atoms with Crippen LogP contribution in [-0.4, -0.2) is 78.5 Å². The van der Waals surface area contributed by atoms with Crippen LogP contribution in [0.4, 0.5) is 10.2 Å². The number of carbonyl (C=O) groups excluding carboxylic acids is 1. The van der Waals surface area contributed by atoms with Crippen molar-refractivity contribution >= 4 is 23.3 Å². The number of hydrogen-bond donors (Lipinski definition) is 2. The summed E-state index contributed by atoms with van der Waals surface area (Å²) in [7, 11) is 0. The fraction of sp³-hybridized carbons (Fsp3) is 0.478. The van der Waals surface area contributed by atoms with Gasteiger partial charge in [-0.15, -0.1) is 0 Å². The Balaban J connectivity index is 1.56. The molecule has 1 aromatic heterocycles. The van der Waals surface area contributed by atoms with Crippen LogP contribution in [0.15, 0.2) is 18.2 Å². The molecule has 174 valence electrons. The predicted molar refractivity (Wildman–Crippen MR) is 120 cm³/mol. The molecule has 6 rings (SSSR count). The molecule has 0 radical (unpaired) electrons. The maximum atomic E-state index is 14.8.